The topological polar surface area (TPSA) is 57.0 Å². The van der Waals surface area contributed by atoms with Crippen molar-refractivity contribution in [3.05, 3.63) is 53.9 Å². The Bertz CT molecular complexity index is 618. The summed E-state index contributed by atoms with van der Waals surface area (Å²) in [7, 11) is 0. The van der Waals surface area contributed by atoms with Crippen LogP contribution in [0, 0.1) is 0 Å². The van der Waals surface area contributed by atoms with Crippen LogP contribution in [-0.4, -0.2) is 20.6 Å². The first-order valence-electron chi connectivity index (χ1n) is 6.13. The summed E-state index contributed by atoms with van der Waals surface area (Å²) in [5.41, 5.74) is 2.97. The summed E-state index contributed by atoms with van der Waals surface area (Å²) in [6, 6.07) is 3.95. The predicted octanol–water partition coefficient (Wildman–Crippen LogP) is 2.42. The molecule has 2 heterocycles. The Balaban J connectivity index is 1.68. The number of hydrogen-bond acceptors (Lipinski definition) is 4. The first-order valence-corrected chi connectivity index (χ1v) is 6.13. The van der Waals surface area contributed by atoms with Crippen molar-refractivity contribution in [2.24, 2.45) is 0 Å². The van der Waals surface area contributed by atoms with Crippen molar-refractivity contribution < 1.29 is 9.53 Å². The van der Waals surface area contributed by atoms with Gasteiger partial charge in [-0.05, 0) is 30.5 Å². The summed E-state index contributed by atoms with van der Waals surface area (Å²) in [6.45, 7) is 0.165. The molecule has 0 aromatic carbocycles. The first-order chi connectivity index (χ1) is 9.33. The van der Waals surface area contributed by atoms with Crippen molar-refractivity contribution in [1.29, 1.82) is 0 Å². The number of aromatic nitrogens is 3. The van der Waals surface area contributed by atoms with Gasteiger partial charge in [0, 0.05) is 12.4 Å². The molecule has 5 heteroatoms. The highest BCUT2D eigenvalue weighted by Crippen LogP contribution is 2.17. The van der Waals surface area contributed by atoms with Crippen LogP contribution in [0.4, 0.5) is 4.79 Å². The van der Waals surface area contributed by atoms with Crippen LogP contribution in [0.15, 0.2) is 36.9 Å². The molecule has 19 heavy (non-hydrogen) atoms. The SMILES string of the molecule is O=C(OCc1ccc2c(n1)C=CCC2)n1ccnc1. The Kier molecular flexibility index (Phi) is 3.10. The molecule has 0 N–H and O–H groups in total. The third kappa shape index (κ3) is 2.54. The van der Waals surface area contributed by atoms with E-state index in [1.54, 1.807) is 6.20 Å². The van der Waals surface area contributed by atoms with Crippen molar-refractivity contribution in [3.63, 3.8) is 0 Å². The molecule has 0 radical (unpaired) electrons. The number of carbonyl (C=O) groups excluding carboxylic acids is 1. The van der Waals surface area contributed by atoms with E-state index < -0.39 is 6.09 Å². The molecule has 0 saturated heterocycles. The number of pyridine rings is 1. The fourth-order valence-electron chi connectivity index (χ4n) is 1.99. The highest BCUT2D eigenvalue weighted by Gasteiger charge is 2.09. The number of hydrogen-bond donors (Lipinski definition) is 0. The molecule has 1 aliphatic carbocycles. The van der Waals surface area contributed by atoms with Crippen LogP contribution in [0.25, 0.3) is 6.08 Å². The zero-order chi connectivity index (χ0) is 13.1. The average molecular weight is 255 g/mol. The lowest BCUT2D eigenvalue weighted by Crippen LogP contribution is -2.12. The van der Waals surface area contributed by atoms with Gasteiger partial charge in [-0.15, -0.1) is 0 Å². The first kappa shape index (κ1) is 11.6. The molecule has 0 saturated carbocycles. The molecule has 3 rings (SSSR count). The largest absolute Gasteiger partial charge is 0.442 e. The smallest absolute Gasteiger partial charge is 0.419 e. The van der Waals surface area contributed by atoms with E-state index in [0.717, 1.165) is 24.2 Å². The number of nitrogens with zero attached hydrogens (tertiary/aromatic N) is 3. The Labute approximate surface area is 110 Å². The van der Waals surface area contributed by atoms with Crippen LogP contribution < -0.4 is 0 Å². The molecule has 0 fully saturated rings. The summed E-state index contributed by atoms with van der Waals surface area (Å²) < 4.78 is 6.45. The summed E-state index contributed by atoms with van der Waals surface area (Å²) in [6.07, 6.45) is 10.2. The van der Waals surface area contributed by atoms with E-state index >= 15 is 0 Å². The maximum absolute atomic E-state index is 11.6. The molecule has 0 bridgehead atoms. The van der Waals surface area contributed by atoms with Crippen LogP contribution in [0.1, 0.15) is 23.4 Å². The molecular formula is C14H13N3O2. The molecule has 0 aliphatic heterocycles. The van der Waals surface area contributed by atoms with Gasteiger partial charge in [-0.3, -0.25) is 0 Å². The summed E-state index contributed by atoms with van der Waals surface area (Å²) in [5, 5.41) is 0. The Hall–Kier alpha value is -2.43. The standard InChI is InChI=1S/C14H13N3O2/c18-14(17-8-7-15-10-17)19-9-12-6-5-11-3-1-2-4-13(11)16-12/h2,4-8,10H,1,3,9H2. The molecule has 0 spiro atoms. The Morgan fingerprint density at radius 3 is 3.21 bits per heavy atom. The van der Waals surface area contributed by atoms with Gasteiger partial charge in [0.2, 0.25) is 0 Å². The van der Waals surface area contributed by atoms with Gasteiger partial charge in [0.25, 0.3) is 0 Å². The van der Waals surface area contributed by atoms with Gasteiger partial charge in [0.15, 0.2) is 0 Å². The third-order valence-electron chi connectivity index (χ3n) is 2.98. The van der Waals surface area contributed by atoms with E-state index in [9.17, 15) is 4.79 Å². The Morgan fingerprint density at radius 1 is 1.42 bits per heavy atom. The molecular weight excluding hydrogens is 242 g/mol. The lowest BCUT2D eigenvalue weighted by Gasteiger charge is -2.11. The second-order valence-corrected chi connectivity index (χ2v) is 4.31. The van der Waals surface area contributed by atoms with Gasteiger partial charge in [0.1, 0.15) is 12.9 Å². The number of fused-ring (bicyclic) bond motifs is 1. The number of aryl methyl sites for hydroxylation is 1. The number of rotatable bonds is 2. The van der Waals surface area contributed by atoms with Gasteiger partial charge in [-0.25, -0.2) is 19.3 Å². The van der Waals surface area contributed by atoms with E-state index in [2.05, 4.69) is 16.0 Å². The van der Waals surface area contributed by atoms with E-state index in [1.807, 2.05) is 18.2 Å². The molecule has 2 aromatic rings. The summed E-state index contributed by atoms with van der Waals surface area (Å²) >= 11 is 0. The lowest BCUT2D eigenvalue weighted by molar-refractivity contribution is 0.140. The van der Waals surface area contributed by atoms with Crippen molar-refractivity contribution in [1.82, 2.24) is 14.5 Å². The van der Waals surface area contributed by atoms with Gasteiger partial charge < -0.3 is 4.74 Å². The van der Waals surface area contributed by atoms with Crippen molar-refractivity contribution >= 4 is 12.2 Å². The van der Waals surface area contributed by atoms with E-state index in [-0.39, 0.29) is 6.61 Å². The van der Waals surface area contributed by atoms with Crippen LogP contribution >= 0.6 is 0 Å². The third-order valence-corrected chi connectivity index (χ3v) is 2.98. The minimum absolute atomic E-state index is 0.165. The number of imidazole rings is 1. The zero-order valence-corrected chi connectivity index (χ0v) is 10.3. The number of allylic oxidation sites excluding steroid dienone is 1. The molecule has 0 atom stereocenters. The minimum atomic E-state index is -0.451. The van der Waals surface area contributed by atoms with E-state index in [0.29, 0.717) is 0 Å². The molecule has 2 aromatic heterocycles. The van der Waals surface area contributed by atoms with Gasteiger partial charge in [-0.2, -0.15) is 0 Å². The molecule has 5 nitrogen and oxygen atoms in total. The maximum Gasteiger partial charge on any atom is 0.419 e. The van der Waals surface area contributed by atoms with Gasteiger partial charge >= 0.3 is 6.09 Å². The number of carbonyl (C=O) groups is 1. The van der Waals surface area contributed by atoms with Gasteiger partial charge in [-0.1, -0.05) is 12.1 Å². The molecule has 0 unspecified atom stereocenters. The predicted molar refractivity (Wildman–Crippen MR) is 69.4 cm³/mol. The van der Waals surface area contributed by atoms with E-state index in [1.165, 1.54) is 22.7 Å². The second-order valence-electron chi connectivity index (χ2n) is 4.31. The Morgan fingerprint density at radius 2 is 2.37 bits per heavy atom. The highest BCUT2D eigenvalue weighted by atomic mass is 16.5. The van der Waals surface area contributed by atoms with Crippen LogP contribution in [-0.2, 0) is 17.8 Å². The van der Waals surface area contributed by atoms with Crippen LogP contribution in [0.5, 0.6) is 0 Å². The second kappa shape index (κ2) is 5.06. The zero-order valence-electron chi connectivity index (χ0n) is 10.3. The van der Waals surface area contributed by atoms with E-state index in [4.69, 9.17) is 4.74 Å². The fourth-order valence-corrected chi connectivity index (χ4v) is 1.99. The average Bonchev–Trinajstić information content (AvgIpc) is 2.99. The fraction of sp³-hybridized carbons (Fsp3) is 0.214. The maximum atomic E-state index is 11.6. The lowest BCUT2D eigenvalue weighted by atomic mass is 10.0. The van der Waals surface area contributed by atoms with Crippen molar-refractivity contribution in [2.75, 3.05) is 0 Å². The van der Waals surface area contributed by atoms with Gasteiger partial charge in [0.05, 0.1) is 11.4 Å². The molecule has 1 aliphatic rings. The van der Waals surface area contributed by atoms with Crippen molar-refractivity contribution in [2.45, 2.75) is 19.4 Å². The molecule has 96 valence electrons. The minimum Gasteiger partial charge on any atom is -0.442 e. The number of ether oxygens (including phenoxy) is 1. The van der Waals surface area contributed by atoms with Crippen molar-refractivity contribution in [3.8, 4) is 0 Å². The monoisotopic (exact) mass is 255 g/mol. The summed E-state index contributed by atoms with van der Waals surface area (Å²) in [5.74, 6) is 0. The van der Waals surface area contributed by atoms with Crippen LogP contribution in [0.2, 0.25) is 0 Å². The van der Waals surface area contributed by atoms with Crippen LogP contribution in [0.3, 0.4) is 0 Å². The summed E-state index contributed by atoms with van der Waals surface area (Å²) in [4.78, 5) is 19.9. The highest BCUT2D eigenvalue weighted by molar-refractivity contribution is 5.69. The molecule has 0 amide bonds. The normalized spacial score (nSPS) is 13.1. The quantitative estimate of drug-likeness (QED) is 0.827.